The number of aromatic nitrogens is 3. The van der Waals surface area contributed by atoms with Crippen LogP contribution < -0.4 is 10.3 Å². The number of aromatic carboxylic acids is 1. The number of carbonyl (C=O) groups is 1. The van der Waals surface area contributed by atoms with Gasteiger partial charge in [0.2, 0.25) is 0 Å². The second-order valence-corrected chi connectivity index (χ2v) is 15.0. The molecule has 1 atom stereocenters. The highest BCUT2D eigenvalue weighted by molar-refractivity contribution is 7.18. The second kappa shape index (κ2) is 13.9. The van der Waals surface area contributed by atoms with E-state index in [1.807, 2.05) is 45.0 Å². The lowest BCUT2D eigenvalue weighted by Gasteiger charge is -2.49. The molecule has 10 nitrogen and oxygen atoms in total. The Morgan fingerprint density at radius 2 is 1.90 bits per heavy atom. The highest BCUT2D eigenvalue weighted by atomic mass is 32.1. The summed E-state index contributed by atoms with van der Waals surface area (Å²) >= 11 is 1.34. The summed E-state index contributed by atoms with van der Waals surface area (Å²) in [5.41, 5.74) is 4.97. The fraction of sp³-hybridized carbons (Fsp3) is 0.514. The number of thiophene rings is 1. The predicted molar refractivity (Wildman–Crippen MR) is 188 cm³/mol. The van der Waals surface area contributed by atoms with Gasteiger partial charge in [-0.1, -0.05) is 11.6 Å². The number of likely N-dealkylation sites (tertiary alicyclic amines) is 1. The van der Waals surface area contributed by atoms with Crippen molar-refractivity contribution in [3.05, 3.63) is 73.9 Å². The number of hydrogen-bond acceptors (Lipinski definition) is 9. The first-order valence-electron chi connectivity index (χ1n) is 17.4. The molecule has 1 aliphatic carbocycles. The summed E-state index contributed by atoms with van der Waals surface area (Å²) in [6.07, 6.45) is -0.751. The topological polar surface area (TPSA) is 110 Å². The molecule has 7 rings (SSSR count). The van der Waals surface area contributed by atoms with Gasteiger partial charge in [-0.3, -0.25) is 24.1 Å². The van der Waals surface area contributed by atoms with Crippen LogP contribution in [-0.2, 0) is 24.1 Å². The predicted octanol–water partition coefficient (Wildman–Crippen LogP) is 5.81. The molecule has 0 amide bonds. The van der Waals surface area contributed by atoms with E-state index in [0.29, 0.717) is 87.8 Å². The maximum Gasteiger partial charge on any atom is 0.401 e. The molecule has 272 valence electrons. The summed E-state index contributed by atoms with van der Waals surface area (Å²) in [6.45, 7) is 7.60. The number of fused-ring (bicyclic) bond motifs is 2. The molecular weight excluding hydrogens is 683 g/mol. The van der Waals surface area contributed by atoms with Gasteiger partial charge in [-0.25, -0.2) is 9.78 Å². The Morgan fingerprint density at radius 3 is 2.65 bits per heavy atom. The highest BCUT2D eigenvalue weighted by Crippen LogP contribution is 2.40. The van der Waals surface area contributed by atoms with Gasteiger partial charge < -0.3 is 14.6 Å². The van der Waals surface area contributed by atoms with Crippen LogP contribution >= 0.6 is 11.3 Å². The Balaban J connectivity index is 1.04. The van der Waals surface area contributed by atoms with Crippen LogP contribution in [0, 0.1) is 20.8 Å². The van der Waals surface area contributed by atoms with Gasteiger partial charge in [-0.2, -0.15) is 13.2 Å². The fourth-order valence-corrected chi connectivity index (χ4v) is 9.02. The third-order valence-corrected chi connectivity index (χ3v) is 11.5. The van der Waals surface area contributed by atoms with E-state index in [9.17, 15) is 27.9 Å². The van der Waals surface area contributed by atoms with Gasteiger partial charge >= 0.3 is 12.1 Å². The number of hydrogen-bond donors (Lipinski definition) is 1. The van der Waals surface area contributed by atoms with Crippen molar-refractivity contribution in [3.8, 4) is 16.9 Å². The van der Waals surface area contributed by atoms with Crippen molar-refractivity contribution in [2.24, 2.45) is 0 Å². The minimum absolute atomic E-state index is 0.0620. The second-order valence-electron chi connectivity index (χ2n) is 14.1. The first kappa shape index (κ1) is 35.5. The zero-order chi connectivity index (χ0) is 36.1. The highest BCUT2D eigenvalue weighted by Gasteiger charge is 2.43. The standard InChI is InChI=1S/C37H42F3N5O5S/c1-22-4-7-31(26(16-22)27-17-23(2)41-32-29(35(47)48)19-51-33(27)32)49-14-13-45-24(3)42-30-6-5-25(18-28(30)34(45)46)44-10-8-36(9-11-44)20-43(12-15-50-36)21-37(38,39)40/h4,7,16-17,19,25H,5-6,8-15,18,20-21H2,1-3H3,(H,47,48)/t25-/m1/s1. The lowest BCUT2D eigenvalue weighted by molar-refractivity contribution is -0.184. The van der Waals surface area contributed by atoms with Crippen LogP contribution in [-0.4, -0.2) is 99.2 Å². The van der Waals surface area contributed by atoms with Gasteiger partial charge in [0, 0.05) is 60.0 Å². The number of halogens is 3. The Kier molecular flexibility index (Phi) is 9.72. The summed E-state index contributed by atoms with van der Waals surface area (Å²) in [5, 5.41) is 11.3. The van der Waals surface area contributed by atoms with Crippen LogP contribution in [0.25, 0.3) is 21.3 Å². The third kappa shape index (κ3) is 7.41. The number of alkyl halides is 3. The summed E-state index contributed by atoms with van der Waals surface area (Å²) < 4.78 is 54.1. The molecule has 4 aromatic rings. The number of carboxylic acids is 1. The minimum atomic E-state index is -4.23. The van der Waals surface area contributed by atoms with Gasteiger partial charge in [0.05, 0.1) is 46.8 Å². The molecule has 3 aromatic heterocycles. The van der Waals surface area contributed by atoms with Crippen LogP contribution in [0.3, 0.4) is 0 Å². The Morgan fingerprint density at radius 1 is 1.12 bits per heavy atom. The molecular formula is C37H42F3N5O5S. The van der Waals surface area contributed by atoms with Crippen LogP contribution in [0.4, 0.5) is 13.2 Å². The van der Waals surface area contributed by atoms with Crippen LogP contribution in [0.2, 0.25) is 0 Å². The largest absolute Gasteiger partial charge is 0.491 e. The molecule has 2 fully saturated rings. The van der Waals surface area contributed by atoms with Gasteiger partial charge in [-0.05, 0) is 71.1 Å². The maximum atomic E-state index is 13.9. The van der Waals surface area contributed by atoms with Gasteiger partial charge in [-0.15, -0.1) is 11.3 Å². The molecule has 1 aromatic carbocycles. The van der Waals surface area contributed by atoms with E-state index < -0.39 is 24.3 Å². The van der Waals surface area contributed by atoms with Crippen LogP contribution in [0.5, 0.6) is 5.75 Å². The van der Waals surface area contributed by atoms with E-state index in [-0.39, 0.29) is 23.8 Å². The molecule has 0 saturated carbocycles. The van der Waals surface area contributed by atoms with Gasteiger partial charge in [0.1, 0.15) is 18.2 Å². The van der Waals surface area contributed by atoms with E-state index in [1.54, 1.807) is 9.95 Å². The van der Waals surface area contributed by atoms with Crippen molar-refractivity contribution in [1.82, 2.24) is 24.3 Å². The third-order valence-electron chi connectivity index (χ3n) is 10.5. The van der Waals surface area contributed by atoms with Crippen LogP contribution in [0.1, 0.15) is 58.0 Å². The average molecular weight is 726 g/mol. The summed E-state index contributed by atoms with van der Waals surface area (Å²) in [5.74, 6) is 0.240. The lowest BCUT2D eigenvalue weighted by Crippen LogP contribution is -2.59. The lowest BCUT2D eigenvalue weighted by atomic mass is 9.85. The molecule has 2 aliphatic heterocycles. The summed E-state index contributed by atoms with van der Waals surface area (Å²) in [6, 6.07) is 7.97. The SMILES string of the molecule is Cc1ccc(OCCn2c(C)nc3c(c2=O)C[C@H](N2CCC4(CC2)CN(CC(F)(F)F)CCO4)CC3)c(-c2cc(C)nc3c(C(=O)O)csc23)c1. The number of pyridine rings is 1. The number of nitrogens with zero attached hydrogens (tertiary/aromatic N) is 5. The Labute approximate surface area is 297 Å². The zero-order valence-electron chi connectivity index (χ0n) is 29.0. The quantitative estimate of drug-likeness (QED) is 0.241. The van der Waals surface area contributed by atoms with E-state index in [4.69, 9.17) is 14.5 Å². The van der Waals surface area contributed by atoms with E-state index >= 15 is 0 Å². The molecule has 3 aliphatic rings. The van der Waals surface area contributed by atoms with Crippen molar-refractivity contribution in [2.45, 2.75) is 77.2 Å². The van der Waals surface area contributed by atoms with E-state index in [1.165, 1.54) is 16.2 Å². The number of benzene rings is 1. The van der Waals surface area contributed by atoms with Crippen LogP contribution in [0.15, 0.2) is 34.4 Å². The fourth-order valence-electron chi connectivity index (χ4n) is 8.01. The number of aryl methyl sites for hydroxylation is 4. The molecule has 51 heavy (non-hydrogen) atoms. The smallest absolute Gasteiger partial charge is 0.401 e. The first-order valence-corrected chi connectivity index (χ1v) is 18.3. The van der Waals surface area contributed by atoms with Crippen molar-refractivity contribution >= 4 is 27.5 Å². The molecule has 1 N–H and O–H groups in total. The van der Waals surface area contributed by atoms with Gasteiger partial charge in [0.25, 0.3) is 5.56 Å². The average Bonchev–Trinajstić information content (AvgIpc) is 3.50. The molecule has 0 unspecified atom stereocenters. The number of piperidine rings is 1. The maximum absolute atomic E-state index is 13.9. The monoisotopic (exact) mass is 725 g/mol. The van der Waals surface area contributed by atoms with E-state index in [0.717, 1.165) is 39.1 Å². The normalized spacial score (nSPS) is 19.8. The summed E-state index contributed by atoms with van der Waals surface area (Å²) in [7, 11) is 0. The molecule has 1 spiro atoms. The van der Waals surface area contributed by atoms with Crippen molar-refractivity contribution < 1.29 is 32.5 Å². The molecule has 14 heteroatoms. The first-order chi connectivity index (χ1) is 24.3. The molecule has 0 bridgehead atoms. The Hall–Kier alpha value is -3.85. The number of carboxylic acid groups (broad SMARTS) is 1. The van der Waals surface area contributed by atoms with Crippen molar-refractivity contribution in [1.29, 1.82) is 0 Å². The number of rotatable bonds is 8. The molecule has 5 heterocycles. The summed E-state index contributed by atoms with van der Waals surface area (Å²) in [4.78, 5) is 39.0. The number of morpholine rings is 1. The molecule has 2 saturated heterocycles. The minimum Gasteiger partial charge on any atom is -0.491 e. The van der Waals surface area contributed by atoms with E-state index in [2.05, 4.69) is 9.88 Å². The Bertz CT molecular complexity index is 2020. The van der Waals surface area contributed by atoms with Crippen molar-refractivity contribution in [3.63, 3.8) is 0 Å². The zero-order valence-corrected chi connectivity index (χ0v) is 29.8. The number of ether oxygens (including phenoxy) is 2. The molecule has 0 radical (unpaired) electrons. The van der Waals surface area contributed by atoms with Gasteiger partial charge in [0.15, 0.2) is 0 Å². The van der Waals surface area contributed by atoms with Crippen molar-refractivity contribution in [2.75, 3.05) is 45.9 Å².